The number of amides is 4. The van der Waals surface area contributed by atoms with E-state index in [0.717, 1.165) is 29.5 Å². The number of aryl methyl sites for hydroxylation is 2. The average Bonchev–Trinajstić information content (AvgIpc) is 3.59. The van der Waals surface area contributed by atoms with Gasteiger partial charge in [0, 0.05) is 50.6 Å². The standard InChI is InChI=1S/C36H43N5O8/c1-4-48-36(47)40-18-16-39(17-19-40)35(46)28(13-14-33(43)44)38-34(45)29-21-31(25-8-5-6-9-27(25)37-29)49-22-32(42)41-15-7-10-30(41)26-20-23(2)11-12-24(26)3/h5-6,8-9,11-12,20-21,28,30H,4,7,10,13-19,22H2,1-3H3,(H,38,45)(H,43,44). The number of aliphatic carboxylic acids is 1. The third kappa shape index (κ3) is 8.45. The molecule has 0 bridgehead atoms. The van der Waals surface area contributed by atoms with E-state index in [0.29, 0.717) is 17.4 Å². The summed E-state index contributed by atoms with van der Waals surface area (Å²) in [5.74, 6) is -2.13. The number of fused-ring (bicyclic) bond motifs is 1. The van der Waals surface area contributed by atoms with Crippen LogP contribution >= 0.6 is 0 Å². The van der Waals surface area contributed by atoms with Crippen molar-refractivity contribution in [2.45, 2.75) is 58.5 Å². The Balaban J connectivity index is 1.31. The Morgan fingerprint density at radius 1 is 0.980 bits per heavy atom. The maximum atomic E-state index is 13.6. The second kappa shape index (κ2) is 15.8. The molecule has 2 saturated heterocycles. The van der Waals surface area contributed by atoms with Gasteiger partial charge in [-0.1, -0.05) is 35.9 Å². The highest BCUT2D eigenvalue weighted by Gasteiger charge is 2.33. The second-order valence-corrected chi connectivity index (χ2v) is 12.4. The van der Waals surface area contributed by atoms with E-state index < -0.39 is 29.9 Å². The van der Waals surface area contributed by atoms with E-state index in [2.05, 4.69) is 28.5 Å². The first-order valence-electron chi connectivity index (χ1n) is 16.7. The van der Waals surface area contributed by atoms with Crippen molar-refractivity contribution in [2.75, 3.05) is 45.9 Å². The van der Waals surface area contributed by atoms with Gasteiger partial charge in [-0.3, -0.25) is 19.2 Å². The van der Waals surface area contributed by atoms with Crippen LogP contribution in [0, 0.1) is 13.8 Å². The monoisotopic (exact) mass is 673 g/mol. The molecule has 49 heavy (non-hydrogen) atoms. The molecular weight excluding hydrogens is 630 g/mol. The number of hydrogen-bond donors (Lipinski definition) is 2. The summed E-state index contributed by atoms with van der Waals surface area (Å²) in [6.45, 7) is 7.32. The molecule has 2 unspecified atom stereocenters. The Hall–Kier alpha value is -5.20. The maximum Gasteiger partial charge on any atom is 0.409 e. The molecule has 5 rings (SSSR count). The summed E-state index contributed by atoms with van der Waals surface area (Å²) in [6, 6.07) is 13.6. The highest BCUT2D eigenvalue weighted by Crippen LogP contribution is 2.34. The quantitative estimate of drug-likeness (QED) is 0.308. The number of nitrogens with one attached hydrogen (secondary N) is 1. The van der Waals surface area contributed by atoms with Gasteiger partial charge in [-0.25, -0.2) is 9.78 Å². The van der Waals surface area contributed by atoms with Crippen LogP contribution in [0.3, 0.4) is 0 Å². The molecule has 2 aliphatic rings. The minimum atomic E-state index is -1.14. The topological polar surface area (TPSA) is 159 Å². The lowest BCUT2D eigenvalue weighted by atomic mass is 9.97. The zero-order valence-corrected chi connectivity index (χ0v) is 28.1. The van der Waals surface area contributed by atoms with E-state index in [4.69, 9.17) is 9.47 Å². The van der Waals surface area contributed by atoms with Crippen LogP contribution < -0.4 is 10.1 Å². The molecule has 13 nitrogen and oxygen atoms in total. The summed E-state index contributed by atoms with van der Waals surface area (Å²) in [7, 11) is 0. The van der Waals surface area contributed by atoms with Crippen LogP contribution in [0.15, 0.2) is 48.5 Å². The van der Waals surface area contributed by atoms with Crippen molar-refractivity contribution in [3.05, 3.63) is 70.9 Å². The van der Waals surface area contributed by atoms with Gasteiger partial charge in [-0.2, -0.15) is 0 Å². The molecule has 260 valence electrons. The van der Waals surface area contributed by atoms with Crippen LogP contribution in [0.1, 0.15) is 65.8 Å². The number of aromatic nitrogens is 1. The van der Waals surface area contributed by atoms with Crippen LogP contribution in [-0.2, 0) is 19.1 Å². The zero-order chi connectivity index (χ0) is 35.1. The Labute approximate surface area is 285 Å². The number of carboxylic acid groups (broad SMARTS) is 1. The summed E-state index contributed by atoms with van der Waals surface area (Å²) in [5.41, 5.74) is 3.80. The van der Waals surface area contributed by atoms with Crippen molar-refractivity contribution >= 4 is 40.7 Å². The van der Waals surface area contributed by atoms with Crippen molar-refractivity contribution in [3.8, 4) is 5.75 Å². The Kier molecular flexibility index (Phi) is 11.3. The second-order valence-electron chi connectivity index (χ2n) is 12.4. The largest absolute Gasteiger partial charge is 0.483 e. The van der Waals surface area contributed by atoms with Gasteiger partial charge in [0.05, 0.1) is 18.2 Å². The highest BCUT2D eigenvalue weighted by molar-refractivity contribution is 5.99. The number of carboxylic acids is 1. The van der Waals surface area contributed by atoms with E-state index in [1.807, 2.05) is 18.7 Å². The van der Waals surface area contributed by atoms with Gasteiger partial charge in [0.25, 0.3) is 11.8 Å². The molecule has 0 saturated carbocycles. The molecule has 2 aliphatic heterocycles. The minimum Gasteiger partial charge on any atom is -0.483 e. The van der Waals surface area contributed by atoms with Crippen molar-refractivity contribution < 1.29 is 38.6 Å². The minimum absolute atomic E-state index is 0.0417. The lowest BCUT2D eigenvalue weighted by Crippen LogP contribution is -2.56. The smallest absolute Gasteiger partial charge is 0.409 e. The molecule has 1 aromatic heterocycles. The van der Waals surface area contributed by atoms with Gasteiger partial charge >= 0.3 is 12.1 Å². The number of benzene rings is 2. The molecule has 0 aliphatic carbocycles. The number of carbonyl (C=O) groups is 5. The summed E-state index contributed by atoms with van der Waals surface area (Å²) < 4.78 is 11.1. The third-order valence-electron chi connectivity index (χ3n) is 9.00. The fourth-order valence-electron chi connectivity index (χ4n) is 6.41. The molecular formula is C36H43N5O8. The van der Waals surface area contributed by atoms with Crippen molar-refractivity contribution in [2.24, 2.45) is 0 Å². The predicted octanol–water partition coefficient (Wildman–Crippen LogP) is 3.86. The maximum absolute atomic E-state index is 13.6. The van der Waals surface area contributed by atoms with Crippen LogP contribution in [-0.4, -0.2) is 107 Å². The number of pyridine rings is 1. The van der Waals surface area contributed by atoms with Crippen molar-refractivity contribution in [3.63, 3.8) is 0 Å². The van der Waals surface area contributed by atoms with Gasteiger partial charge in [0.1, 0.15) is 17.5 Å². The van der Waals surface area contributed by atoms with Gasteiger partial charge in [0.15, 0.2) is 6.61 Å². The zero-order valence-electron chi connectivity index (χ0n) is 28.1. The Morgan fingerprint density at radius 2 is 1.71 bits per heavy atom. The van der Waals surface area contributed by atoms with Crippen LogP contribution in [0.25, 0.3) is 10.9 Å². The molecule has 2 aromatic carbocycles. The number of ether oxygens (including phenoxy) is 2. The normalized spacial score (nSPS) is 16.7. The van der Waals surface area contributed by atoms with E-state index in [9.17, 15) is 29.1 Å². The van der Waals surface area contributed by atoms with E-state index >= 15 is 0 Å². The number of carbonyl (C=O) groups excluding carboxylic acids is 4. The van der Waals surface area contributed by atoms with Gasteiger partial charge < -0.3 is 34.6 Å². The van der Waals surface area contributed by atoms with Gasteiger partial charge in [-0.15, -0.1) is 0 Å². The number of hydrogen-bond acceptors (Lipinski definition) is 8. The number of piperazine rings is 1. The summed E-state index contributed by atoms with van der Waals surface area (Å²) in [4.78, 5) is 73.5. The summed E-state index contributed by atoms with van der Waals surface area (Å²) >= 11 is 0. The molecule has 13 heteroatoms. The van der Waals surface area contributed by atoms with Gasteiger partial charge in [0.2, 0.25) is 5.91 Å². The van der Waals surface area contributed by atoms with Crippen LogP contribution in [0.2, 0.25) is 0 Å². The SMILES string of the molecule is CCOC(=O)N1CCN(C(=O)C(CCC(=O)O)NC(=O)c2cc(OCC(=O)N3CCCC3c3cc(C)ccc3C)c3ccccc3n2)CC1. The average molecular weight is 674 g/mol. The first-order valence-corrected chi connectivity index (χ1v) is 16.7. The first kappa shape index (κ1) is 35.1. The lowest BCUT2D eigenvalue weighted by Gasteiger charge is -2.35. The number of nitrogens with zero attached hydrogens (tertiary/aromatic N) is 4. The predicted molar refractivity (Wildman–Crippen MR) is 180 cm³/mol. The Bertz CT molecular complexity index is 1720. The third-order valence-corrected chi connectivity index (χ3v) is 9.00. The van der Waals surface area contributed by atoms with Gasteiger partial charge in [-0.05, 0) is 63.3 Å². The fraction of sp³-hybridized carbons (Fsp3) is 0.444. The number of likely N-dealkylation sites (tertiary alicyclic amines) is 1. The fourth-order valence-corrected chi connectivity index (χ4v) is 6.41. The van der Waals surface area contributed by atoms with Crippen molar-refractivity contribution in [1.29, 1.82) is 0 Å². The van der Waals surface area contributed by atoms with E-state index in [1.54, 1.807) is 31.2 Å². The van der Waals surface area contributed by atoms with Crippen molar-refractivity contribution in [1.82, 2.24) is 25.0 Å². The summed E-state index contributed by atoms with van der Waals surface area (Å²) in [5, 5.41) is 12.6. The first-order chi connectivity index (χ1) is 23.5. The molecule has 2 N–H and O–H groups in total. The van der Waals surface area contributed by atoms with E-state index in [1.165, 1.54) is 15.9 Å². The van der Waals surface area contributed by atoms with Crippen LogP contribution in [0.4, 0.5) is 4.79 Å². The molecule has 0 radical (unpaired) electrons. The lowest BCUT2D eigenvalue weighted by molar-refractivity contribution is -0.138. The number of para-hydroxylation sites is 1. The molecule has 3 aromatic rings. The molecule has 0 spiro atoms. The van der Waals surface area contributed by atoms with E-state index in [-0.39, 0.29) is 75.6 Å². The Morgan fingerprint density at radius 3 is 2.45 bits per heavy atom. The molecule has 2 atom stereocenters. The molecule has 4 amide bonds. The number of rotatable bonds is 11. The molecule has 2 fully saturated rings. The highest BCUT2D eigenvalue weighted by atomic mass is 16.6. The summed E-state index contributed by atoms with van der Waals surface area (Å²) in [6.07, 6.45) is 0.798. The van der Waals surface area contributed by atoms with Crippen LogP contribution in [0.5, 0.6) is 5.75 Å². The molecule has 3 heterocycles.